The molecule has 0 fully saturated rings. The van der Waals surface area contributed by atoms with Crippen LogP contribution in [0.1, 0.15) is 11.4 Å². The van der Waals surface area contributed by atoms with E-state index in [1.807, 2.05) is 25.9 Å². The molecule has 0 saturated carbocycles. The van der Waals surface area contributed by atoms with Crippen LogP contribution in [0.4, 0.5) is 0 Å². The van der Waals surface area contributed by atoms with E-state index in [0.717, 1.165) is 29.8 Å². The van der Waals surface area contributed by atoms with Crippen molar-refractivity contribution in [1.82, 2.24) is 14.5 Å². The van der Waals surface area contributed by atoms with Crippen LogP contribution in [0.25, 0.3) is 11.0 Å². The summed E-state index contributed by atoms with van der Waals surface area (Å²) in [4.78, 5) is 17.3. The van der Waals surface area contributed by atoms with E-state index in [4.69, 9.17) is 5.73 Å². The van der Waals surface area contributed by atoms with Crippen LogP contribution < -0.4 is 5.73 Å². The third-order valence-electron chi connectivity index (χ3n) is 3.38. The Balaban J connectivity index is 2.07. The molecule has 19 heavy (non-hydrogen) atoms. The summed E-state index contributed by atoms with van der Waals surface area (Å²) in [6, 6.07) is 6.32. The van der Waals surface area contributed by atoms with Gasteiger partial charge in [0, 0.05) is 13.6 Å². The van der Waals surface area contributed by atoms with Crippen molar-refractivity contribution in [2.45, 2.75) is 13.3 Å². The van der Waals surface area contributed by atoms with Gasteiger partial charge >= 0.3 is 0 Å². The van der Waals surface area contributed by atoms with Gasteiger partial charge in [-0.15, -0.1) is 0 Å². The number of imidazole rings is 1. The predicted octanol–water partition coefficient (Wildman–Crippen LogP) is 0.841. The van der Waals surface area contributed by atoms with Gasteiger partial charge in [0.15, 0.2) is 0 Å². The number of carbonyl (C=O) groups is 1. The normalized spacial score (nSPS) is 11.4. The first-order valence-electron chi connectivity index (χ1n) is 6.36. The van der Waals surface area contributed by atoms with E-state index >= 15 is 0 Å². The zero-order valence-electron chi connectivity index (χ0n) is 11.7. The van der Waals surface area contributed by atoms with Crippen molar-refractivity contribution >= 4 is 16.9 Å². The average molecular weight is 260 g/mol. The van der Waals surface area contributed by atoms with Crippen LogP contribution in [0.5, 0.6) is 0 Å². The highest BCUT2D eigenvalue weighted by atomic mass is 16.1. The fourth-order valence-corrected chi connectivity index (χ4v) is 2.19. The number of hydrogen-bond donors (Lipinski definition) is 1. The summed E-state index contributed by atoms with van der Waals surface area (Å²) >= 11 is 0. The number of aryl methyl sites for hydroxylation is 2. The second-order valence-corrected chi connectivity index (χ2v) is 5.00. The molecule has 5 nitrogen and oxygen atoms in total. The molecular weight excluding hydrogens is 240 g/mol. The van der Waals surface area contributed by atoms with Crippen molar-refractivity contribution in [3.05, 3.63) is 29.6 Å². The summed E-state index contributed by atoms with van der Waals surface area (Å²) in [5.74, 6) is 0.719. The molecule has 0 aliphatic rings. The minimum atomic E-state index is -0.293. The maximum absolute atomic E-state index is 10.8. The largest absolute Gasteiger partial charge is 0.369 e. The number of carbonyl (C=O) groups excluding carboxylic acids is 1. The molecule has 1 amide bonds. The molecule has 0 atom stereocenters. The lowest BCUT2D eigenvalue weighted by Crippen LogP contribution is -2.32. The third kappa shape index (κ3) is 3.12. The molecule has 5 heteroatoms. The van der Waals surface area contributed by atoms with Gasteiger partial charge in [0.1, 0.15) is 5.82 Å². The minimum Gasteiger partial charge on any atom is -0.369 e. The van der Waals surface area contributed by atoms with E-state index in [1.165, 1.54) is 5.56 Å². The Kier molecular flexibility index (Phi) is 3.85. The third-order valence-corrected chi connectivity index (χ3v) is 3.38. The maximum atomic E-state index is 10.8. The van der Waals surface area contributed by atoms with Crippen LogP contribution in [-0.4, -0.2) is 40.5 Å². The van der Waals surface area contributed by atoms with Gasteiger partial charge in [0.05, 0.1) is 17.6 Å². The first kappa shape index (κ1) is 13.5. The fourth-order valence-electron chi connectivity index (χ4n) is 2.19. The number of likely N-dealkylation sites (N-methyl/N-ethyl adjacent to an activating group) is 1. The number of nitrogens with two attached hydrogens (primary N) is 1. The van der Waals surface area contributed by atoms with Gasteiger partial charge in [-0.3, -0.25) is 9.69 Å². The molecule has 2 aromatic rings. The topological polar surface area (TPSA) is 64.2 Å². The highest BCUT2D eigenvalue weighted by Gasteiger charge is 2.06. The number of hydrogen-bond acceptors (Lipinski definition) is 3. The summed E-state index contributed by atoms with van der Waals surface area (Å²) < 4.78 is 2.08. The highest BCUT2D eigenvalue weighted by molar-refractivity contribution is 5.77. The van der Waals surface area contributed by atoms with Gasteiger partial charge in [-0.05, 0) is 38.1 Å². The Morgan fingerprint density at radius 2 is 2.21 bits per heavy atom. The molecule has 102 valence electrons. The molecule has 1 aromatic carbocycles. The SMILES string of the molecule is Cc1nc2cc(CCN(C)CC(N)=O)ccc2n1C. The summed E-state index contributed by atoms with van der Waals surface area (Å²) in [6.07, 6.45) is 0.884. The zero-order chi connectivity index (χ0) is 14.0. The average Bonchev–Trinajstić information content (AvgIpc) is 2.61. The molecule has 0 radical (unpaired) electrons. The number of benzene rings is 1. The summed E-state index contributed by atoms with van der Waals surface area (Å²) in [7, 11) is 3.92. The molecule has 0 aliphatic carbocycles. The van der Waals surface area contributed by atoms with E-state index < -0.39 is 0 Å². The Bertz CT molecular complexity index is 603. The number of fused-ring (bicyclic) bond motifs is 1. The lowest BCUT2D eigenvalue weighted by molar-refractivity contribution is -0.118. The van der Waals surface area contributed by atoms with Crippen molar-refractivity contribution in [3.63, 3.8) is 0 Å². The van der Waals surface area contributed by atoms with Crippen molar-refractivity contribution in [3.8, 4) is 0 Å². The quantitative estimate of drug-likeness (QED) is 0.866. The first-order valence-corrected chi connectivity index (χ1v) is 6.36. The summed E-state index contributed by atoms with van der Waals surface area (Å²) in [5.41, 5.74) is 8.56. The lowest BCUT2D eigenvalue weighted by Gasteiger charge is -2.14. The molecule has 0 aliphatic heterocycles. The summed E-state index contributed by atoms with van der Waals surface area (Å²) in [5, 5.41) is 0. The Morgan fingerprint density at radius 1 is 1.47 bits per heavy atom. The van der Waals surface area contributed by atoms with Gasteiger partial charge in [-0.2, -0.15) is 0 Å². The standard InChI is InChI=1S/C14H20N4O/c1-10-16-12-8-11(4-5-13(12)18(10)3)6-7-17(2)9-14(15)19/h4-5,8H,6-7,9H2,1-3H3,(H2,15,19). The number of aromatic nitrogens is 2. The molecule has 2 N–H and O–H groups in total. The maximum Gasteiger partial charge on any atom is 0.231 e. The molecule has 1 heterocycles. The van der Waals surface area contributed by atoms with Crippen molar-refractivity contribution in [1.29, 1.82) is 0 Å². The number of rotatable bonds is 5. The first-order chi connectivity index (χ1) is 8.97. The van der Waals surface area contributed by atoms with E-state index in [9.17, 15) is 4.79 Å². The van der Waals surface area contributed by atoms with Crippen LogP contribution in [0.3, 0.4) is 0 Å². The van der Waals surface area contributed by atoms with E-state index in [1.54, 1.807) is 0 Å². The smallest absolute Gasteiger partial charge is 0.231 e. The lowest BCUT2D eigenvalue weighted by atomic mass is 10.1. The minimum absolute atomic E-state index is 0.293. The van der Waals surface area contributed by atoms with E-state index in [-0.39, 0.29) is 5.91 Å². The van der Waals surface area contributed by atoms with Gasteiger partial charge < -0.3 is 10.3 Å². The predicted molar refractivity (Wildman–Crippen MR) is 75.8 cm³/mol. The van der Waals surface area contributed by atoms with Crippen LogP contribution in [-0.2, 0) is 18.3 Å². The van der Waals surface area contributed by atoms with E-state index in [2.05, 4.69) is 27.8 Å². The van der Waals surface area contributed by atoms with Gasteiger partial charge in [0.25, 0.3) is 0 Å². The van der Waals surface area contributed by atoms with Crippen LogP contribution in [0.2, 0.25) is 0 Å². The van der Waals surface area contributed by atoms with Crippen LogP contribution in [0, 0.1) is 6.92 Å². The van der Waals surface area contributed by atoms with Crippen molar-refractivity contribution < 1.29 is 4.79 Å². The van der Waals surface area contributed by atoms with Crippen LogP contribution in [0.15, 0.2) is 18.2 Å². The van der Waals surface area contributed by atoms with Gasteiger partial charge in [-0.1, -0.05) is 6.07 Å². The van der Waals surface area contributed by atoms with Gasteiger partial charge in [-0.25, -0.2) is 4.98 Å². The molecule has 1 aromatic heterocycles. The van der Waals surface area contributed by atoms with Crippen molar-refractivity contribution in [2.75, 3.05) is 20.1 Å². The molecular formula is C14H20N4O. The zero-order valence-corrected chi connectivity index (χ0v) is 11.7. The number of primary amides is 1. The highest BCUT2D eigenvalue weighted by Crippen LogP contribution is 2.16. The molecule has 2 rings (SSSR count). The van der Waals surface area contributed by atoms with Crippen LogP contribution >= 0.6 is 0 Å². The Hall–Kier alpha value is -1.88. The Morgan fingerprint density at radius 3 is 2.89 bits per heavy atom. The van der Waals surface area contributed by atoms with Gasteiger partial charge in [0.2, 0.25) is 5.91 Å². The summed E-state index contributed by atoms with van der Waals surface area (Å²) in [6.45, 7) is 3.10. The molecule has 0 spiro atoms. The fraction of sp³-hybridized carbons (Fsp3) is 0.429. The second kappa shape index (κ2) is 5.40. The monoisotopic (exact) mass is 260 g/mol. The number of nitrogens with zero attached hydrogens (tertiary/aromatic N) is 3. The molecule has 0 saturated heterocycles. The molecule has 0 bridgehead atoms. The van der Waals surface area contributed by atoms with Crippen molar-refractivity contribution in [2.24, 2.45) is 12.8 Å². The van der Waals surface area contributed by atoms with E-state index in [0.29, 0.717) is 6.54 Å². The number of amides is 1. The second-order valence-electron chi connectivity index (χ2n) is 5.00. The molecule has 0 unspecified atom stereocenters. The Labute approximate surface area is 113 Å².